The molecule has 0 spiro atoms. The number of ether oxygens (including phenoxy) is 1. The molecular weight excluding hydrogens is 485 g/mol. The van der Waals surface area contributed by atoms with Crippen LogP contribution in [0.2, 0.25) is 0 Å². The Labute approximate surface area is 211 Å². The summed E-state index contributed by atoms with van der Waals surface area (Å²) in [5.41, 5.74) is 1.66. The van der Waals surface area contributed by atoms with E-state index < -0.39 is 17.6 Å². The van der Waals surface area contributed by atoms with Crippen molar-refractivity contribution in [3.63, 3.8) is 0 Å². The number of hydrogen-bond acceptors (Lipinski definition) is 6. The Kier molecular flexibility index (Phi) is 8.19. The zero-order valence-corrected chi connectivity index (χ0v) is 20.0. The molecule has 1 amide bonds. The molecule has 2 aromatic carbocycles. The summed E-state index contributed by atoms with van der Waals surface area (Å²) in [4.78, 5) is 22.7. The second kappa shape index (κ2) is 11.7. The van der Waals surface area contributed by atoms with Crippen LogP contribution in [0.1, 0.15) is 38.6 Å². The Morgan fingerprint density at radius 2 is 1.76 bits per heavy atom. The first-order valence-corrected chi connectivity index (χ1v) is 11.4. The first kappa shape index (κ1) is 25.9. The van der Waals surface area contributed by atoms with Crippen molar-refractivity contribution in [1.82, 2.24) is 20.2 Å². The van der Waals surface area contributed by atoms with Crippen LogP contribution in [0.4, 0.5) is 13.2 Å². The number of carbonyl (C=O) groups excluding carboxylic acids is 1. The highest BCUT2D eigenvalue weighted by molar-refractivity contribution is 5.91. The summed E-state index contributed by atoms with van der Waals surface area (Å²) in [5.74, 6) is 0.563. The standard InChI is InChI=1S/C27H25F3N4O3/c1-36-23-9-7-19(8-10-23)15-34(16-20-4-2-6-22(12-20)27(28,29)30)17-25-33-24(18-37-25)26(35)32-14-21-5-3-11-31-13-21/h2-13,18H,14-17H2,1H3,(H,32,35). The fourth-order valence-corrected chi connectivity index (χ4v) is 3.72. The SMILES string of the molecule is COc1ccc(CN(Cc2cccc(C(F)(F)F)c2)Cc2nc(C(=O)NCc3cccnc3)co2)cc1. The van der Waals surface area contributed by atoms with Gasteiger partial charge in [0.2, 0.25) is 5.89 Å². The van der Waals surface area contributed by atoms with E-state index in [9.17, 15) is 18.0 Å². The minimum absolute atomic E-state index is 0.113. The van der Waals surface area contributed by atoms with E-state index in [-0.39, 0.29) is 31.2 Å². The molecule has 1 N–H and O–H groups in total. The molecule has 0 aliphatic carbocycles. The lowest BCUT2D eigenvalue weighted by Crippen LogP contribution is -2.24. The molecule has 2 heterocycles. The lowest BCUT2D eigenvalue weighted by molar-refractivity contribution is -0.137. The van der Waals surface area contributed by atoms with Crippen LogP contribution in [0.25, 0.3) is 0 Å². The van der Waals surface area contributed by atoms with E-state index in [2.05, 4.69) is 15.3 Å². The lowest BCUT2D eigenvalue weighted by atomic mass is 10.1. The summed E-state index contributed by atoms with van der Waals surface area (Å²) >= 11 is 0. The molecule has 37 heavy (non-hydrogen) atoms. The minimum atomic E-state index is -4.43. The number of alkyl halides is 3. The van der Waals surface area contributed by atoms with E-state index in [0.29, 0.717) is 17.9 Å². The van der Waals surface area contributed by atoms with Crippen molar-refractivity contribution in [2.45, 2.75) is 32.4 Å². The van der Waals surface area contributed by atoms with E-state index >= 15 is 0 Å². The van der Waals surface area contributed by atoms with Crippen LogP contribution in [-0.4, -0.2) is 27.9 Å². The van der Waals surface area contributed by atoms with Gasteiger partial charge < -0.3 is 14.5 Å². The number of halogens is 3. The highest BCUT2D eigenvalue weighted by Gasteiger charge is 2.30. The van der Waals surface area contributed by atoms with Gasteiger partial charge >= 0.3 is 6.18 Å². The van der Waals surface area contributed by atoms with E-state index in [1.165, 1.54) is 12.3 Å². The molecule has 0 fully saturated rings. The van der Waals surface area contributed by atoms with Gasteiger partial charge in [0.25, 0.3) is 5.91 Å². The Morgan fingerprint density at radius 1 is 1.00 bits per heavy atom. The van der Waals surface area contributed by atoms with Crippen molar-refractivity contribution < 1.29 is 27.1 Å². The zero-order chi connectivity index (χ0) is 26.3. The molecule has 0 aliphatic rings. The molecule has 0 unspecified atom stereocenters. The molecule has 2 aromatic heterocycles. The second-order valence-electron chi connectivity index (χ2n) is 8.36. The molecular formula is C27H25F3N4O3. The predicted molar refractivity (Wildman–Crippen MR) is 129 cm³/mol. The number of amides is 1. The number of carbonyl (C=O) groups is 1. The number of pyridine rings is 1. The number of rotatable bonds is 10. The normalized spacial score (nSPS) is 11.5. The average molecular weight is 511 g/mol. The topological polar surface area (TPSA) is 80.5 Å². The summed E-state index contributed by atoms with van der Waals surface area (Å²) < 4.78 is 50.4. The molecule has 192 valence electrons. The van der Waals surface area contributed by atoms with E-state index in [1.807, 2.05) is 35.2 Å². The fourth-order valence-electron chi connectivity index (χ4n) is 3.72. The molecule has 0 saturated carbocycles. The number of oxazole rings is 1. The van der Waals surface area contributed by atoms with Crippen LogP contribution >= 0.6 is 0 Å². The van der Waals surface area contributed by atoms with Crippen LogP contribution in [0.3, 0.4) is 0 Å². The van der Waals surface area contributed by atoms with Gasteiger partial charge in [0, 0.05) is 32.0 Å². The summed E-state index contributed by atoms with van der Waals surface area (Å²) in [6.45, 7) is 1.08. The van der Waals surface area contributed by atoms with Gasteiger partial charge in [0.05, 0.1) is 19.2 Å². The Morgan fingerprint density at radius 3 is 2.46 bits per heavy atom. The molecule has 10 heteroatoms. The minimum Gasteiger partial charge on any atom is -0.497 e. The third-order valence-electron chi connectivity index (χ3n) is 5.54. The number of aromatic nitrogens is 2. The summed E-state index contributed by atoms with van der Waals surface area (Å²) in [6, 6.07) is 16.2. The van der Waals surface area contributed by atoms with Crippen molar-refractivity contribution in [3.05, 3.63) is 113 Å². The van der Waals surface area contributed by atoms with Crippen molar-refractivity contribution in [2.75, 3.05) is 7.11 Å². The van der Waals surface area contributed by atoms with Crippen LogP contribution in [-0.2, 0) is 32.4 Å². The molecule has 4 aromatic rings. The summed E-state index contributed by atoms with van der Waals surface area (Å²) in [5, 5.41) is 2.76. The van der Waals surface area contributed by atoms with Gasteiger partial charge in [0.1, 0.15) is 12.0 Å². The third kappa shape index (κ3) is 7.40. The first-order chi connectivity index (χ1) is 17.8. The van der Waals surface area contributed by atoms with Crippen LogP contribution in [0.5, 0.6) is 5.75 Å². The Hall–Kier alpha value is -4.18. The smallest absolute Gasteiger partial charge is 0.416 e. The molecule has 4 rings (SSSR count). The first-order valence-electron chi connectivity index (χ1n) is 11.4. The maximum absolute atomic E-state index is 13.2. The Balaban J connectivity index is 1.48. The van der Waals surface area contributed by atoms with Crippen LogP contribution in [0, 0.1) is 0 Å². The van der Waals surface area contributed by atoms with Gasteiger partial charge in [-0.1, -0.05) is 36.4 Å². The van der Waals surface area contributed by atoms with E-state index in [4.69, 9.17) is 9.15 Å². The molecule has 0 radical (unpaired) electrons. The van der Waals surface area contributed by atoms with E-state index in [0.717, 1.165) is 23.3 Å². The van der Waals surface area contributed by atoms with Crippen molar-refractivity contribution >= 4 is 5.91 Å². The molecule has 0 aliphatic heterocycles. The number of methoxy groups -OCH3 is 1. The van der Waals surface area contributed by atoms with Gasteiger partial charge in [-0.2, -0.15) is 13.2 Å². The Bertz CT molecular complexity index is 1310. The maximum atomic E-state index is 13.2. The van der Waals surface area contributed by atoms with Gasteiger partial charge in [-0.15, -0.1) is 0 Å². The highest BCUT2D eigenvalue weighted by atomic mass is 19.4. The summed E-state index contributed by atoms with van der Waals surface area (Å²) in [6.07, 6.45) is 0.132. The largest absolute Gasteiger partial charge is 0.497 e. The van der Waals surface area contributed by atoms with Gasteiger partial charge in [0.15, 0.2) is 5.69 Å². The second-order valence-corrected chi connectivity index (χ2v) is 8.36. The number of nitrogens with zero attached hydrogens (tertiary/aromatic N) is 3. The number of hydrogen-bond donors (Lipinski definition) is 1. The lowest BCUT2D eigenvalue weighted by Gasteiger charge is -2.22. The highest BCUT2D eigenvalue weighted by Crippen LogP contribution is 2.30. The molecule has 0 bridgehead atoms. The molecule has 0 saturated heterocycles. The van der Waals surface area contributed by atoms with Crippen molar-refractivity contribution in [2.24, 2.45) is 0 Å². The van der Waals surface area contributed by atoms with Crippen LogP contribution < -0.4 is 10.1 Å². The number of nitrogens with one attached hydrogen (secondary N) is 1. The zero-order valence-electron chi connectivity index (χ0n) is 20.0. The summed E-state index contributed by atoms with van der Waals surface area (Å²) in [7, 11) is 1.57. The third-order valence-corrected chi connectivity index (χ3v) is 5.54. The van der Waals surface area contributed by atoms with Gasteiger partial charge in [-0.25, -0.2) is 4.98 Å². The number of benzene rings is 2. The predicted octanol–water partition coefficient (Wildman–Crippen LogP) is 5.23. The van der Waals surface area contributed by atoms with Crippen molar-refractivity contribution in [3.8, 4) is 5.75 Å². The van der Waals surface area contributed by atoms with Gasteiger partial charge in [-0.05, 0) is 41.0 Å². The van der Waals surface area contributed by atoms with Crippen molar-refractivity contribution in [1.29, 1.82) is 0 Å². The average Bonchev–Trinajstić information content (AvgIpc) is 3.36. The molecule has 7 nitrogen and oxygen atoms in total. The van der Waals surface area contributed by atoms with Crippen LogP contribution in [0.15, 0.2) is 83.7 Å². The quantitative estimate of drug-likeness (QED) is 0.315. The van der Waals surface area contributed by atoms with E-state index in [1.54, 1.807) is 31.6 Å². The monoisotopic (exact) mass is 510 g/mol. The van der Waals surface area contributed by atoms with Gasteiger partial charge in [-0.3, -0.25) is 14.7 Å². The fraction of sp³-hybridized carbons (Fsp3) is 0.222. The maximum Gasteiger partial charge on any atom is 0.416 e. The molecule has 0 atom stereocenters.